The van der Waals surface area contributed by atoms with Crippen LogP contribution in [0.4, 0.5) is 0 Å². The van der Waals surface area contributed by atoms with Gasteiger partial charge < -0.3 is 5.11 Å². The third kappa shape index (κ3) is 2.21. The lowest BCUT2D eigenvalue weighted by Crippen LogP contribution is -2.01. The molecule has 0 bridgehead atoms. The van der Waals surface area contributed by atoms with Crippen LogP contribution in [0.5, 0.6) is 0 Å². The molecular formula is C12H11ClN2O. The lowest BCUT2D eigenvalue weighted by atomic mass is 10.0. The maximum Gasteiger partial charge on any atom is 0.115 e. The summed E-state index contributed by atoms with van der Waals surface area (Å²) in [6.07, 6.45) is 3.87. The number of hydrogen-bond donors (Lipinski definition) is 1. The number of aliphatic hydroxyl groups is 1. The lowest BCUT2D eigenvalue weighted by Gasteiger charge is -2.11. The number of benzene rings is 1. The second kappa shape index (κ2) is 4.60. The summed E-state index contributed by atoms with van der Waals surface area (Å²) in [7, 11) is 0. The van der Waals surface area contributed by atoms with Gasteiger partial charge in [-0.1, -0.05) is 23.7 Å². The summed E-state index contributed by atoms with van der Waals surface area (Å²) in [5, 5.41) is 10.7. The molecule has 1 heterocycles. The Morgan fingerprint density at radius 3 is 2.50 bits per heavy atom. The second-order valence-electron chi connectivity index (χ2n) is 3.58. The lowest BCUT2D eigenvalue weighted by molar-refractivity contribution is 0.219. The molecule has 0 fully saturated rings. The van der Waals surface area contributed by atoms with E-state index in [-0.39, 0.29) is 0 Å². The molecule has 16 heavy (non-hydrogen) atoms. The molecule has 1 N–H and O–H groups in total. The molecule has 0 radical (unpaired) electrons. The van der Waals surface area contributed by atoms with E-state index in [9.17, 15) is 5.11 Å². The Hall–Kier alpha value is -1.45. The molecular weight excluding hydrogens is 224 g/mol. The Morgan fingerprint density at radius 2 is 1.88 bits per heavy atom. The topological polar surface area (TPSA) is 46.0 Å². The zero-order valence-corrected chi connectivity index (χ0v) is 9.52. The average Bonchev–Trinajstić information content (AvgIpc) is 2.33. The SMILES string of the molecule is Cc1ccc(C(O)c2cncnc2)cc1Cl. The van der Waals surface area contributed by atoms with Crippen molar-refractivity contribution in [3.63, 3.8) is 0 Å². The van der Waals surface area contributed by atoms with Gasteiger partial charge in [0.05, 0.1) is 0 Å². The highest BCUT2D eigenvalue weighted by Gasteiger charge is 2.11. The van der Waals surface area contributed by atoms with Gasteiger partial charge in [-0.3, -0.25) is 0 Å². The fraction of sp³-hybridized carbons (Fsp3) is 0.167. The maximum absolute atomic E-state index is 10.1. The van der Waals surface area contributed by atoms with Gasteiger partial charge in [0.25, 0.3) is 0 Å². The molecule has 2 rings (SSSR count). The van der Waals surface area contributed by atoms with Crippen molar-refractivity contribution < 1.29 is 5.11 Å². The van der Waals surface area contributed by atoms with E-state index in [1.165, 1.54) is 6.33 Å². The first-order chi connectivity index (χ1) is 7.68. The van der Waals surface area contributed by atoms with Crippen LogP contribution in [0.1, 0.15) is 22.8 Å². The minimum absolute atomic E-state index is 0.647. The third-order valence-corrected chi connectivity index (χ3v) is 2.82. The van der Waals surface area contributed by atoms with E-state index >= 15 is 0 Å². The van der Waals surface area contributed by atoms with Crippen molar-refractivity contribution in [1.82, 2.24) is 9.97 Å². The average molecular weight is 235 g/mol. The van der Waals surface area contributed by atoms with Crippen LogP contribution >= 0.6 is 11.6 Å². The molecule has 4 heteroatoms. The largest absolute Gasteiger partial charge is 0.384 e. The molecule has 3 nitrogen and oxygen atoms in total. The fourth-order valence-electron chi connectivity index (χ4n) is 1.42. The van der Waals surface area contributed by atoms with Crippen LogP contribution in [-0.4, -0.2) is 15.1 Å². The Morgan fingerprint density at radius 1 is 1.19 bits per heavy atom. The first kappa shape index (κ1) is 11.0. The second-order valence-corrected chi connectivity index (χ2v) is 3.99. The minimum atomic E-state index is -0.737. The van der Waals surface area contributed by atoms with Crippen LogP contribution in [0.25, 0.3) is 0 Å². The van der Waals surface area contributed by atoms with Crippen LogP contribution in [0.15, 0.2) is 36.9 Å². The highest BCUT2D eigenvalue weighted by atomic mass is 35.5. The molecule has 82 valence electrons. The van der Waals surface area contributed by atoms with Crippen LogP contribution < -0.4 is 0 Å². The molecule has 0 spiro atoms. The minimum Gasteiger partial charge on any atom is -0.384 e. The van der Waals surface area contributed by atoms with Gasteiger partial charge in [0.2, 0.25) is 0 Å². The zero-order chi connectivity index (χ0) is 11.5. The van der Waals surface area contributed by atoms with E-state index in [0.717, 1.165) is 11.1 Å². The summed E-state index contributed by atoms with van der Waals surface area (Å²) in [6.45, 7) is 1.92. The number of aryl methyl sites for hydroxylation is 1. The van der Waals surface area contributed by atoms with Crippen LogP contribution in [0.3, 0.4) is 0 Å². The molecule has 0 aliphatic heterocycles. The van der Waals surface area contributed by atoms with Gasteiger partial charge in [-0.15, -0.1) is 0 Å². The van der Waals surface area contributed by atoms with Gasteiger partial charge in [0.1, 0.15) is 12.4 Å². The Balaban J connectivity index is 2.34. The van der Waals surface area contributed by atoms with E-state index in [1.807, 2.05) is 19.1 Å². The molecule has 1 atom stereocenters. The Bertz CT molecular complexity index is 488. The predicted molar refractivity (Wildman–Crippen MR) is 62.3 cm³/mol. The van der Waals surface area contributed by atoms with E-state index in [1.54, 1.807) is 18.5 Å². The zero-order valence-electron chi connectivity index (χ0n) is 8.76. The smallest absolute Gasteiger partial charge is 0.115 e. The van der Waals surface area contributed by atoms with Crippen molar-refractivity contribution in [2.45, 2.75) is 13.0 Å². The molecule has 0 saturated carbocycles. The first-order valence-electron chi connectivity index (χ1n) is 4.87. The molecule has 2 aromatic rings. The normalized spacial score (nSPS) is 12.4. The molecule has 0 amide bonds. The van der Waals surface area contributed by atoms with E-state index in [4.69, 9.17) is 11.6 Å². The number of halogens is 1. The molecule has 0 saturated heterocycles. The van der Waals surface area contributed by atoms with E-state index in [0.29, 0.717) is 10.6 Å². The maximum atomic E-state index is 10.1. The summed E-state index contributed by atoms with van der Waals surface area (Å²) in [4.78, 5) is 7.73. The van der Waals surface area contributed by atoms with Gasteiger partial charge in [0.15, 0.2) is 0 Å². The number of nitrogens with zero attached hydrogens (tertiary/aromatic N) is 2. The van der Waals surface area contributed by atoms with Crippen molar-refractivity contribution >= 4 is 11.6 Å². The van der Waals surface area contributed by atoms with Crippen LogP contribution in [0, 0.1) is 6.92 Å². The number of rotatable bonds is 2. The quantitative estimate of drug-likeness (QED) is 0.869. The van der Waals surface area contributed by atoms with Gasteiger partial charge in [-0.05, 0) is 24.1 Å². The van der Waals surface area contributed by atoms with Gasteiger partial charge in [-0.25, -0.2) is 9.97 Å². The van der Waals surface area contributed by atoms with Crippen molar-refractivity contribution in [2.24, 2.45) is 0 Å². The van der Waals surface area contributed by atoms with Crippen molar-refractivity contribution in [1.29, 1.82) is 0 Å². The third-order valence-electron chi connectivity index (χ3n) is 2.41. The van der Waals surface area contributed by atoms with E-state index in [2.05, 4.69) is 9.97 Å². The van der Waals surface area contributed by atoms with Crippen molar-refractivity contribution in [3.8, 4) is 0 Å². The highest BCUT2D eigenvalue weighted by Crippen LogP contribution is 2.25. The summed E-state index contributed by atoms with van der Waals surface area (Å²) in [5.74, 6) is 0. The predicted octanol–water partition coefficient (Wildman–Crippen LogP) is 2.52. The standard InChI is InChI=1S/C12H11ClN2O/c1-8-2-3-9(4-11(8)13)12(16)10-5-14-7-15-6-10/h2-7,12,16H,1H3. The van der Waals surface area contributed by atoms with Gasteiger partial charge >= 0.3 is 0 Å². The van der Waals surface area contributed by atoms with Crippen LogP contribution in [0.2, 0.25) is 5.02 Å². The van der Waals surface area contributed by atoms with Gasteiger partial charge in [-0.2, -0.15) is 0 Å². The molecule has 0 aliphatic carbocycles. The molecule has 1 aromatic carbocycles. The molecule has 1 unspecified atom stereocenters. The molecule has 0 aliphatic rings. The van der Waals surface area contributed by atoms with Crippen molar-refractivity contribution in [3.05, 3.63) is 58.6 Å². The highest BCUT2D eigenvalue weighted by molar-refractivity contribution is 6.31. The number of aliphatic hydroxyl groups excluding tert-OH is 1. The summed E-state index contributed by atoms with van der Waals surface area (Å²) < 4.78 is 0. The number of hydrogen-bond acceptors (Lipinski definition) is 3. The van der Waals surface area contributed by atoms with E-state index < -0.39 is 6.10 Å². The monoisotopic (exact) mass is 234 g/mol. The van der Waals surface area contributed by atoms with Crippen LogP contribution in [-0.2, 0) is 0 Å². The summed E-state index contributed by atoms with van der Waals surface area (Å²) in [5.41, 5.74) is 2.38. The molecule has 1 aromatic heterocycles. The summed E-state index contributed by atoms with van der Waals surface area (Å²) >= 11 is 6.00. The first-order valence-corrected chi connectivity index (χ1v) is 5.25. The van der Waals surface area contributed by atoms with Crippen molar-refractivity contribution in [2.75, 3.05) is 0 Å². The summed E-state index contributed by atoms with van der Waals surface area (Å²) in [6, 6.07) is 5.48. The number of aromatic nitrogens is 2. The van der Waals surface area contributed by atoms with Gasteiger partial charge in [0, 0.05) is 23.0 Å². The Labute approximate surface area is 98.8 Å². The fourth-order valence-corrected chi connectivity index (χ4v) is 1.61. The Kier molecular flexibility index (Phi) is 3.17.